The molecular formula is C12H16O5. The van der Waals surface area contributed by atoms with E-state index in [0.29, 0.717) is 11.1 Å². The highest BCUT2D eigenvalue weighted by molar-refractivity contribution is 5.69. The van der Waals surface area contributed by atoms with Gasteiger partial charge in [0.1, 0.15) is 6.10 Å². The molecule has 0 radical (unpaired) electrons. The van der Waals surface area contributed by atoms with Gasteiger partial charge in [-0.05, 0) is 11.1 Å². The number of hydrogen-bond donors (Lipinski definition) is 3. The summed E-state index contributed by atoms with van der Waals surface area (Å²) in [6.07, 6.45) is -2.62. The SMILES string of the molecule is COC(=O)CC(O)C(O)c1ccc(CO)cc1. The topological polar surface area (TPSA) is 87.0 Å². The lowest BCUT2D eigenvalue weighted by atomic mass is 10.0. The first-order valence-corrected chi connectivity index (χ1v) is 5.21. The molecule has 5 heteroatoms. The van der Waals surface area contributed by atoms with Crippen molar-refractivity contribution in [2.24, 2.45) is 0 Å². The zero-order valence-electron chi connectivity index (χ0n) is 9.54. The second-order valence-corrected chi connectivity index (χ2v) is 3.69. The molecule has 3 N–H and O–H groups in total. The summed E-state index contributed by atoms with van der Waals surface area (Å²) in [6, 6.07) is 6.47. The number of aliphatic hydroxyl groups is 3. The number of hydrogen-bond acceptors (Lipinski definition) is 5. The van der Waals surface area contributed by atoms with Crippen LogP contribution in [-0.4, -0.2) is 34.5 Å². The van der Waals surface area contributed by atoms with Gasteiger partial charge in [-0.1, -0.05) is 24.3 Å². The summed E-state index contributed by atoms with van der Waals surface area (Å²) in [7, 11) is 1.22. The normalized spacial score (nSPS) is 14.1. The third kappa shape index (κ3) is 3.81. The van der Waals surface area contributed by atoms with Crippen molar-refractivity contribution >= 4 is 5.97 Å². The second kappa shape index (κ2) is 6.34. The molecule has 0 aliphatic heterocycles. The summed E-state index contributed by atoms with van der Waals surface area (Å²) >= 11 is 0. The minimum absolute atomic E-state index is 0.0823. The van der Waals surface area contributed by atoms with Crippen molar-refractivity contribution in [2.75, 3.05) is 7.11 Å². The Morgan fingerprint density at radius 1 is 1.29 bits per heavy atom. The monoisotopic (exact) mass is 240 g/mol. The van der Waals surface area contributed by atoms with Crippen LogP contribution >= 0.6 is 0 Å². The predicted molar refractivity (Wildman–Crippen MR) is 60.0 cm³/mol. The molecule has 0 aromatic heterocycles. The molecular weight excluding hydrogens is 224 g/mol. The van der Waals surface area contributed by atoms with Crippen LogP contribution in [0.5, 0.6) is 0 Å². The summed E-state index contributed by atoms with van der Waals surface area (Å²) in [4.78, 5) is 10.9. The second-order valence-electron chi connectivity index (χ2n) is 3.69. The minimum Gasteiger partial charge on any atom is -0.469 e. The summed E-state index contributed by atoms with van der Waals surface area (Å²) in [5.41, 5.74) is 1.20. The average molecular weight is 240 g/mol. The lowest BCUT2D eigenvalue weighted by Gasteiger charge is -2.17. The molecule has 0 saturated carbocycles. The number of rotatable bonds is 5. The maximum atomic E-state index is 10.9. The lowest BCUT2D eigenvalue weighted by Crippen LogP contribution is -2.22. The van der Waals surface area contributed by atoms with E-state index in [1.165, 1.54) is 7.11 Å². The van der Waals surface area contributed by atoms with Crippen LogP contribution in [-0.2, 0) is 16.1 Å². The van der Waals surface area contributed by atoms with Gasteiger partial charge in [-0.15, -0.1) is 0 Å². The molecule has 5 nitrogen and oxygen atoms in total. The Bertz CT molecular complexity index is 360. The van der Waals surface area contributed by atoms with Crippen LogP contribution in [0.15, 0.2) is 24.3 Å². The van der Waals surface area contributed by atoms with E-state index >= 15 is 0 Å². The summed E-state index contributed by atoms with van der Waals surface area (Å²) in [5.74, 6) is -0.580. The number of carbonyl (C=O) groups excluding carboxylic acids is 1. The van der Waals surface area contributed by atoms with Crippen molar-refractivity contribution < 1.29 is 24.9 Å². The van der Waals surface area contributed by atoms with E-state index in [4.69, 9.17) is 5.11 Å². The molecule has 0 aliphatic carbocycles. The molecule has 2 unspecified atom stereocenters. The van der Waals surface area contributed by atoms with E-state index in [1.54, 1.807) is 24.3 Å². The molecule has 0 fully saturated rings. The van der Waals surface area contributed by atoms with Gasteiger partial charge in [0, 0.05) is 0 Å². The van der Waals surface area contributed by atoms with Gasteiger partial charge >= 0.3 is 5.97 Å². The smallest absolute Gasteiger partial charge is 0.308 e. The maximum absolute atomic E-state index is 10.9. The van der Waals surface area contributed by atoms with Crippen molar-refractivity contribution in [2.45, 2.75) is 25.2 Å². The fraction of sp³-hybridized carbons (Fsp3) is 0.417. The van der Waals surface area contributed by atoms with Gasteiger partial charge in [0.05, 0.1) is 26.2 Å². The molecule has 0 saturated heterocycles. The molecule has 1 rings (SSSR count). The number of methoxy groups -OCH3 is 1. The molecule has 0 bridgehead atoms. The highest BCUT2D eigenvalue weighted by Crippen LogP contribution is 2.19. The van der Waals surface area contributed by atoms with E-state index in [0.717, 1.165) is 0 Å². The predicted octanol–water partition coefficient (Wildman–Crippen LogP) is 0.136. The van der Waals surface area contributed by atoms with Crippen LogP contribution in [0.4, 0.5) is 0 Å². The van der Waals surface area contributed by atoms with Gasteiger partial charge < -0.3 is 20.1 Å². The van der Waals surface area contributed by atoms with E-state index < -0.39 is 18.2 Å². The van der Waals surface area contributed by atoms with E-state index in [-0.39, 0.29) is 13.0 Å². The number of carbonyl (C=O) groups is 1. The zero-order chi connectivity index (χ0) is 12.8. The van der Waals surface area contributed by atoms with E-state index in [2.05, 4.69) is 4.74 Å². The van der Waals surface area contributed by atoms with Gasteiger partial charge in [-0.2, -0.15) is 0 Å². The number of benzene rings is 1. The molecule has 1 aromatic carbocycles. The van der Waals surface area contributed by atoms with Crippen molar-refractivity contribution in [1.82, 2.24) is 0 Å². The molecule has 1 aromatic rings. The number of ether oxygens (including phenoxy) is 1. The fourth-order valence-corrected chi connectivity index (χ4v) is 1.41. The average Bonchev–Trinajstić information content (AvgIpc) is 2.37. The first-order valence-electron chi connectivity index (χ1n) is 5.21. The summed E-state index contributed by atoms with van der Waals surface area (Å²) in [5, 5.41) is 28.2. The Morgan fingerprint density at radius 2 is 1.88 bits per heavy atom. The maximum Gasteiger partial charge on any atom is 0.308 e. The Hall–Kier alpha value is -1.43. The van der Waals surface area contributed by atoms with Crippen LogP contribution < -0.4 is 0 Å². The zero-order valence-corrected chi connectivity index (χ0v) is 9.54. The molecule has 94 valence electrons. The summed E-state index contributed by atoms with van der Waals surface area (Å²) in [6.45, 7) is -0.0823. The Labute approximate surface area is 99.3 Å². The third-order valence-corrected chi connectivity index (χ3v) is 2.47. The van der Waals surface area contributed by atoms with Crippen LogP contribution in [0.2, 0.25) is 0 Å². The Morgan fingerprint density at radius 3 is 2.35 bits per heavy atom. The summed E-state index contributed by atoms with van der Waals surface area (Å²) < 4.78 is 4.40. The van der Waals surface area contributed by atoms with E-state index in [9.17, 15) is 15.0 Å². The molecule has 17 heavy (non-hydrogen) atoms. The number of esters is 1. The van der Waals surface area contributed by atoms with Gasteiger partial charge in [-0.25, -0.2) is 0 Å². The largest absolute Gasteiger partial charge is 0.469 e. The van der Waals surface area contributed by atoms with Crippen molar-refractivity contribution in [1.29, 1.82) is 0 Å². The van der Waals surface area contributed by atoms with E-state index in [1.807, 2.05) is 0 Å². The van der Waals surface area contributed by atoms with Gasteiger partial charge in [0.15, 0.2) is 0 Å². The molecule has 2 atom stereocenters. The standard InChI is InChI=1S/C12H16O5/c1-17-11(15)6-10(14)12(16)9-4-2-8(7-13)3-5-9/h2-5,10,12-14,16H,6-7H2,1H3. The van der Waals surface area contributed by atoms with Gasteiger partial charge in [0.25, 0.3) is 0 Å². The van der Waals surface area contributed by atoms with Crippen molar-refractivity contribution in [3.8, 4) is 0 Å². The van der Waals surface area contributed by atoms with Crippen LogP contribution in [0.25, 0.3) is 0 Å². The highest BCUT2D eigenvalue weighted by Gasteiger charge is 2.21. The fourth-order valence-electron chi connectivity index (χ4n) is 1.41. The third-order valence-electron chi connectivity index (χ3n) is 2.47. The Balaban J connectivity index is 2.67. The van der Waals surface area contributed by atoms with Crippen LogP contribution in [0, 0.1) is 0 Å². The van der Waals surface area contributed by atoms with Crippen molar-refractivity contribution in [3.05, 3.63) is 35.4 Å². The first kappa shape index (κ1) is 13.6. The Kier molecular flexibility index (Phi) is 5.09. The van der Waals surface area contributed by atoms with Crippen molar-refractivity contribution in [3.63, 3.8) is 0 Å². The lowest BCUT2D eigenvalue weighted by molar-refractivity contribution is -0.144. The molecule has 0 heterocycles. The molecule has 0 amide bonds. The quantitative estimate of drug-likeness (QED) is 0.637. The van der Waals surface area contributed by atoms with Crippen LogP contribution in [0.1, 0.15) is 23.7 Å². The van der Waals surface area contributed by atoms with Gasteiger partial charge in [-0.3, -0.25) is 4.79 Å². The minimum atomic E-state index is -1.21. The highest BCUT2D eigenvalue weighted by atomic mass is 16.5. The van der Waals surface area contributed by atoms with Crippen LogP contribution in [0.3, 0.4) is 0 Å². The van der Waals surface area contributed by atoms with Gasteiger partial charge in [0.2, 0.25) is 0 Å². The first-order chi connectivity index (χ1) is 8.08. The number of aliphatic hydroxyl groups excluding tert-OH is 3. The molecule has 0 aliphatic rings. The molecule has 0 spiro atoms.